The van der Waals surface area contributed by atoms with Gasteiger partial charge >= 0.3 is 0 Å². The summed E-state index contributed by atoms with van der Waals surface area (Å²) in [5, 5.41) is 9.97. The number of nitrogens with zero attached hydrogens (tertiary/aromatic N) is 1. The Morgan fingerprint density at radius 1 is 1.27 bits per heavy atom. The van der Waals surface area contributed by atoms with Crippen molar-refractivity contribution in [1.82, 2.24) is 0 Å². The van der Waals surface area contributed by atoms with Crippen LogP contribution in [0.3, 0.4) is 0 Å². The number of anilines is 1. The zero-order chi connectivity index (χ0) is 11.1. The van der Waals surface area contributed by atoms with E-state index in [1.165, 1.54) is 12.7 Å². The minimum Gasteiger partial charge on any atom is -0.330 e. The maximum absolute atomic E-state index is 9.23. The monoisotopic (exact) mass is 210 g/mol. The van der Waals surface area contributed by atoms with Crippen molar-refractivity contribution in [3.8, 4) is 0 Å². The molecule has 0 aliphatic rings. The topological polar surface area (TPSA) is 58.7 Å². The number of hydrogen-bond donors (Lipinski definition) is 2. The zero-order valence-electron chi connectivity index (χ0n) is 9.02. The first-order valence-corrected chi connectivity index (χ1v) is 5.10. The Labute approximate surface area is 90.2 Å². The summed E-state index contributed by atoms with van der Waals surface area (Å²) in [6, 6.07) is 7.60. The molecule has 0 unspecified atom stereocenters. The van der Waals surface area contributed by atoms with E-state index in [0.29, 0.717) is 5.69 Å². The predicted octanol–water partition coefficient (Wildman–Crippen LogP) is 1.72. The van der Waals surface area contributed by atoms with Gasteiger partial charge in [-0.05, 0) is 43.5 Å². The molecule has 0 bridgehead atoms. The van der Waals surface area contributed by atoms with Crippen LogP contribution < -0.4 is 11.0 Å². The van der Waals surface area contributed by atoms with E-state index < -0.39 is 0 Å². The lowest BCUT2D eigenvalue weighted by Gasteiger charge is -2.13. The summed E-state index contributed by atoms with van der Waals surface area (Å²) >= 11 is 0. The summed E-state index contributed by atoms with van der Waals surface area (Å²) in [7, 11) is 1.41. The molecule has 1 rings (SSSR count). The molecule has 0 fully saturated rings. The molecule has 0 spiro atoms. The quantitative estimate of drug-likeness (QED) is 0.554. The van der Waals surface area contributed by atoms with Gasteiger partial charge in [-0.2, -0.15) is 0 Å². The fourth-order valence-electron chi connectivity index (χ4n) is 1.37. The highest BCUT2D eigenvalue weighted by Gasteiger charge is 2.00. The van der Waals surface area contributed by atoms with Gasteiger partial charge in [-0.1, -0.05) is 12.1 Å². The lowest BCUT2D eigenvalue weighted by Crippen LogP contribution is -2.15. The molecule has 4 nitrogen and oxygen atoms in total. The molecule has 0 atom stereocenters. The summed E-state index contributed by atoms with van der Waals surface area (Å²) in [6.07, 6.45) is 3.17. The lowest BCUT2D eigenvalue weighted by molar-refractivity contribution is -0.0109. The summed E-state index contributed by atoms with van der Waals surface area (Å²) in [6.45, 7) is 0.742. The van der Waals surface area contributed by atoms with Gasteiger partial charge in [0.15, 0.2) is 0 Å². The molecule has 0 saturated heterocycles. The maximum atomic E-state index is 9.23. The van der Waals surface area contributed by atoms with Gasteiger partial charge in [0.25, 0.3) is 0 Å². The first-order chi connectivity index (χ1) is 7.27. The van der Waals surface area contributed by atoms with Crippen molar-refractivity contribution < 1.29 is 10.0 Å². The Bertz CT molecular complexity index is 274. The number of nitrogens with two attached hydrogens (primary N) is 1. The van der Waals surface area contributed by atoms with Crippen LogP contribution in [0, 0.1) is 0 Å². The van der Waals surface area contributed by atoms with E-state index in [4.69, 9.17) is 5.73 Å². The second kappa shape index (κ2) is 6.40. The third-order valence-electron chi connectivity index (χ3n) is 2.25. The molecule has 0 heterocycles. The van der Waals surface area contributed by atoms with Crippen LogP contribution in [0.4, 0.5) is 5.69 Å². The van der Waals surface area contributed by atoms with E-state index in [2.05, 4.69) is 4.84 Å². The van der Waals surface area contributed by atoms with E-state index >= 15 is 0 Å². The van der Waals surface area contributed by atoms with Gasteiger partial charge in [-0.15, -0.1) is 5.23 Å². The van der Waals surface area contributed by atoms with Crippen molar-refractivity contribution in [2.24, 2.45) is 5.73 Å². The average molecular weight is 210 g/mol. The lowest BCUT2D eigenvalue weighted by atomic mass is 10.1. The van der Waals surface area contributed by atoms with Crippen molar-refractivity contribution >= 4 is 5.69 Å². The van der Waals surface area contributed by atoms with E-state index in [1.54, 1.807) is 0 Å². The van der Waals surface area contributed by atoms with E-state index in [0.717, 1.165) is 31.0 Å². The second-order valence-corrected chi connectivity index (χ2v) is 3.37. The highest BCUT2D eigenvalue weighted by Crippen LogP contribution is 2.14. The van der Waals surface area contributed by atoms with Gasteiger partial charge in [-0.3, -0.25) is 10.0 Å². The van der Waals surface area contributed by atoms with Crippen LogP contribution in [0.25, 0.3) is 0 Å². The fourth-order valence-corrected chi connectivity index (χ4v) is 1.37. The number of benzene rings is 1. The summed E-state index contributed by atoms with van der Waals surface area (Å²) < 4.78 is 0. The van der Waals surface area contributed by atoms with Gasteiger partial charge in [0.1, 0.15) is 0 Å². The molecule has 84 valence electrons. The number of rotatable bonds is 6. The van der Waals surface area contributed by atoms with Gasteiger partial charge < -0.3 is 5.73 Å². The number of unbranched alkanes of at least 4 members (excludes halogenated alkanes) is 1. The molecule has 1 aromatic carbocycles. The van der Waals surface area contributed by atoms with Crippen molar-refractivity contribution in [2.75, 3.05) is 18.9 Å². The Balaban J connectivity index is 2.49. The van der Waals surface area contributed by atoms with Crippen LogP contribution in [-0.4, -0.2) is 18.9 Å². The molecule has 15 heavy (non-hydrogen) atoms. The average Bonchev–Trinajstić information content (AvgIpc) is 2.29. The van der Waals surface area contributed by atoms with Crippen LogP contribution in [0.5, 0.6) is 0 Å². The zero-order valence-corrected chi connectivity index (χ0v) is 9.02. The summed E-state index contributed by atoms with van der Waals surface area (Å²) in [5.74, 6) is 0. The van der Waals surface area contributed by atoms with Crippen LogP contribution in [-0.2, 0) is 11.3 Å². The van der Waals surface area contributed by atoms with Crippen molar-refractivity contribution in [3.63, 3.8) is 0 Å². The minimum atomic E-state index is 0.625. The molecule has 0 radical (unpaired) electrons. The van der Waals surface area contributed by atoms with Crippen molar-refractivity contribution in [1.29, 1.82) is 0 Å². The van der Waals surface area contributed by atoms with Crippen LogP contribution in [0.15, 0.2) is 24.3 Å². The van der Waals surface area contributed by atoms with Crippen LogP contribution >= 0.6 is 0 Å². The highest BCUT2D eigenvalue weighted by atomic mass is 16.9. The summed E-state index contributed by atoms with van der Waals surface area (Å²) in [5.41, 5.74) is 7.29. The van der Waals surface area contributed by atoms with Crippen LogP contribution in [0.1, 0.15) is 18.4 Å². The Morgan fingerprint density at radius 3 is 2.47 bits per heavy atom. The molecule has 0 amide bonds. The Hall–Kier alpha value is -1.10. The van der Waals surface area contributed by atoms with Crippen molar-refractivity contribution in [3.05, 3.63) is 29.8 Å². The Kier molecular flexibility index (Phi) is 5.10. The van der Waals surface area contributed by atoms with E-state index in [9.17, 15) is 5.21 Å². The normalized spacial score (nSPS) is 10.3. The highest BCUT2D eigenvalue weighted by molar-refractivity contribution is 5.42. The third kappa shape index (κ3) is 3.87. The standard InChI is InChI=1S/C11H18N2O2/c1-15-13(14)11-7-5-10(6-8-11)4-2-3-9-12/h5-8,14H,2-4,9,12H2,1H3. The molecule has 0 aromatic heterocycles. The molecule has 0 saturated carbocycles. The number of aryl methyl sites for hydroxylation is 1. The SMILES string of the molecule is CON(O)c1ccc(CCCCN)cc1. The molecule has 1 aromatic rings. The van der Waals surface area contributed by atoms with Gasteiger partial charge in [0, 0.05) is 0 Å². The molecule has 4 heteroatoms. The number of hydrogen-bond acceptors (Lipinski definition) is 4. The maximum Gasteiger partial charge on any atom is 0.0945 e. The molecular formula is C11H18N2O2. The van der Waals surface area contributed by atoms with Crippen molar-refractivity contribution in [2.45, 2.75) is 19.3 Å². The largest absolute Gasteiger partial charge is 0.330 e. The first-order valence-electron chi connectivity index (χ1n) is 5.10. The molecule has 0 aliphatic heterocycles. The fraction of sp³-hybridized carbons (Fsp3) is 0.455. The predicted molar refractivity (Wildman–Crippen MR) is 59.7 cm³/mol. The summed E-state index contributed by atoms with van der Waals surface area (Å²) in [4.78, 5) is 4.65. The molecule has 3 N–H and O–H groups in total. The Morgan fingerprint density at radius 2 is 1.93 bits per heavy atom. The van der Waals surface area contributed by atoms with E-state index in [-0.39, 0.29) is 0 Å². The third-order valence-corrected chi connectivity index (χ3v) is 2.25. The minimum absolute atomic E-state index is 0.625. The van der Waals surface area contributed by atoms with Gasteiger partial charge in [0.2, 0.25) is 0 Å². The van der Waals surface area contributed by atoms with Crippen LogP contribution in [0.2, 0.25) is 0 Å². The van der Waals surface area contributed by atoms with Gasteiger partial charge in [0.05, 0.1) is 12.8 Å². The smallest absolute Gasteiger partial charge is 0.0945 e. The van der Waals surface area contributed by atoms with E-state index in [1.807, 2.05) is 24.3 Å². The first kappa shape index (κ1) is 12.0. The second-order valence-electron chi connectivity index (χ2n) is 3.37. The molecular weight excluding hydrogens is 192 g/mol. The molecule has 0 aliphatic carbocycles. The van der Waals surface area contributed by atoms with Gasteiger partial charge in [-0.25, -0.2) is 0 Å².